The molecule has 6 nitrogen and oxygen atoms in total. The van der Waals surface area contributed by atoms with Crippen LogP contribution < -0.4 is 10.6 Å². The number of nitrogens with zero attached hydrogens (tertiary/aromatic N) is 3. The Balaban J connectivity index is 1.66. The number of carbonyl (C=O) groups is 1. The molecule has 2 N–H and O–H groups in total. The summed E-state index contributed by atoms with van der Waals surface area (Å²) in [6, 6.07) is 8.76. The first kappa shape index (κ1) is 18.3. The van der Waals surface area contributed by atoms with E-state index in [2.05, 4.69) is 46.6 Å². The SMILES string of the molecule is CC(C)(C)c1ccc(NC(=O)Nc2nnc(-c3ccncc3)s2)cc1Cl. The Hall–Kier alpha value is -2.51. The molecular formula is C18H18ClN5OS. The first-order chi connectivity index (χ1) is 12.3. The lowest BCUT2D eigenvalue weighted by Crippen LogP contribution is -2.19. The zero-order valence-corrected chi connectivity index (χ0v) is 16.1. The van der Waals surface area contributed by atoms with E-state index in [0.29, 0.717) is 20.8 Å². The van der Waals surface area contributed by atoms with Gasteiger partial charge in [-0.1, -0.05) is 49.8 Å². The molecule has 0 spiro atoms. The van der Waals surface area contributed by atoms with Crippen LogP contribution in [0.5, 0.6) is 0 Å². The molecule has 2 amide bonds. The van der Waals surface area contributed by atoms with Crippen LogP contribution >= 0.6 is 22.9 Å². The number of benzene rings is 1. The Kier molecular flexibility index (Phi) is 5.20. The van der Waals surface area contributed by atoms with E-state index in [0.717, 1.165) is 11.1 Å². The minimum atomic E-state index is -0.401. The molecule has 0 fully saturated rings. The van der Waals surface area contributed by atoms with E-state index in [1.54, 1.807) is 18.5 Å². The minimum Gasteiger partial charge on any atom is -0.308 e. The normalized spacial score (nSPS) is 11.2. The molecule has 0 radical (unpaired) electrons. The number of amides is 2. The standard InChI is InChI=1S/C18H18ClN5OS/c1-18(2,3)13-5-4-12(10-14(13)19)21-16(25)22-17-24-23-15(26-17)11-6-8-20-9-7-11/h4-10H,1-3H3,(H2,21,22,24,25). The van der Waals surface area contributed by atoms with Gasteiger partial charge in [0, 0.05) is 28.7 Å². The predicted molar refractivity (Wildman–Crippen MR) is 106 cm³/mol. The third-order valence-corrected chi connectivity index (χ3v) is 4.81. The van der Waals surface area contributed by atoms with Gasteiger partial charge in [0.15, 0.2) is 0 Å². The molecule has 0 saturated carbocycles. The van der Waals surface area contributed by atoms with E-state index in [4.69, 9.17) is 11.6 Å². The summed E-state index contributed by atoms with van der Waals surface area (Å²) in [6.07, 6.45) is 3.36. The van der Waals surface area contributed by atoms with Crippen molar-refractivity contribution in [3.63, 3.8) is 0 Å². The molecule has 0 aliphatic carbocycles. The highest BCUT2D eigenvalue weighted by Gasteiger charge is 2.18. The monoisotopic (exact) mass is 387 g/mol. The lowest BCUT2D eigenvalue weighted by molar-refractivity contribution is 0.262. The van der Waals surface area contributed by atoms with Crippen LogP contribution in [0.2, 0.25) is 5.02 Å². The van der Waals surface area contributed by atoms with Crippen molar-refractivity contribution in [3.05, 3.63) is 53.3 Å². The molecule has 3 rings (SSSR count). The minimum absolute atomic E-state index is 0.0617. The number of hydrogen-bond acceptors (Lipinski definition) is 5. The van der Waals surface area contributed by atoms with E-state index in [1.165, 1.54) is 11.3 Å². The highest BCUT2D eigenvalue weighted by molar-refractivity contribution is 7.18. The molecule has 2 aromatic heterocycles. The number of nitrogens with one attached hydrogen (secondary N) is 2. The molecule has 3 aromatic rings. The Morgan fingerprint density at radius 1 is 1.08 bits per heavy atom. The quantitative estimate of drug-likeness (QED) is 0.647. The van der Waals surface area contributed by atoms with Crippen LogP contribution in [0.4, 0.5) is 15.6 Å². The van der Waals surface area contributed by atoms with Crippen molar-refractivity contribution in [1.29, 1.82) is 0 Å². The maximum absolute atomic E-state index is 12.2. The summed E-state index contributed by atoms with van der Waals surface area (Å²) in [4.78, 5) is 16.2. The lowest BCUT2D eigenvalue weighted by Gasteiger charge is -2.21. The predicted octanol–water partition coefficient (Wildman–Crippen LogP) is 5.20. The van der Waals surface area contributed by atoms with Gasteiger partial charge in [-0.25, -0.2) is 4.79 Å². The van der Waals surface area contributed by atoms with Gasteiger partial charge in [-0.2, -0.15) is 0 Å². The number of rotatable bonds is 3. The van der Waals surface area contributed by atoms with Crippen LogP contribution in [0.1, 0.15) is 26.3 Å². The van der Waals surface area contributed by atoms with E-state index >= 15 is 0 Å². The van der Waals surface area contributed by atoms with Gasteiger partial charge in [0.25, 0.3) is 0 Å². The number of halogens is 1. The zero-order chi connectivity index (χ0) is 18.7. The Morgan fingerprint density at radius 2 is 1.81 bits per heavy atom. The van der Waals surface area contributed by atoms with Crippen LogP contribution in [0.15, 0.2) is 42.7 Å². The largest absolute Gasteiger partial charge is 0.325 e. The molecule has 0 aliphatic rings. The smallest absolute Gasteiger partial charge is 0.308 e. The molecule has 0 bridgehead atoms. The second-order valence-corrected chi connectivity index (χ2v) is 8.06. The fourth-order valence-corrected chi connectivity index (χ4v) is 3.55. The molecule has 0 unspecified atom stereocenters. The van der Waals surface area contributed by atoms with Crippen LogP contribution in [0.3, 0.4) is 0 Å². The average Bonchev–Trinajstić information content (AvgIpc) is 3.03. The maximum Gasteiger partial charge on any atom is 0.325 e. The van der Waals surface area contributed by atoms with Crippen LogP contribution in [-0.2, 0) is 5.41 Å². The van der Waals surface area contributed by atoms with Gasteiger partial charge >= 0.3 is 6.03 Å². The Labute approximate surface area is 160 Å². The highest BCUT2D eigenvalue weighted by atomic mass is 35.5. The van der Waals surface area contributed by atoms with E-state index < -0.39 is 6.03 Å². The van der Waals surface area contributed by atoms with Crippen molar-refractivity contribution < 1.29 is 4.79 Å². The molecule has 0 atom stereocenters. The van der Waals surface area contributed by atoms with Gasteiger partial charge in [-0.05, 0) is 35.2 Å². The molecular weight excluding hydrogens is 370 g/mol. The Morgan fingerprint density at radius 3 is 2.46 bits per heavy atom. The molecule has 0 saturated heterocycles. The van der Waals surface area contributed by atoms with Gasteiger partial charge in [-0.15, -0.1) is 10.2 Å². The average molecular weight is 388 g/mol. The molecule has 0 aliphatic heterocycles. The molecule has 2 heterocycles. The number of aromatic nitrogens is 3. The van der Waals surface area contributed by atoms with Gasteiger partial charge in [0.1, 0.15) is 5.01 Å². The van der Waals surface area contributed by atoms with Crippen molar-refractivity contribution in [3.8, 4) is 10.6 Å². The molecule has 8 heteroatoms. The number of carbonyl (C=O) groups excluding carboxylic acids is 1. The summed E-state index contributed by atoms with van der Waals surface area (Å²) >= 11 is 7.62. The number of urea groups is 1. The van der Waals surface area contributed by atoms with Crippen molar-refractivity contribution >= 4 is 39.8 Å². The van der Waals surface area contributed by atoms with Crippen molar-refractivity contribution in [2.24, 2.45) is 0 Å². The molecule has 26 heavy (non-hydrogen) atoms. The van der Waals surface area contributed by atoms with Gasteiger partial charge < -0.3 is 5.32 Å². The van der Waals surface area contributed by atoms with Crippen LogP contribution in [-0.4, -0.2) is 21.2 Å². The van der Waals surface area contributed by atoms with Gasteiger partial charge in [0.05, 0.1) is 0 Å². The van der Waals surface area contributed by atoms with E-state index in [1.807, 2.05) is 24.3 Å². The third kappa shape index (κ3) is 4.36. The topological polar surface area (TPSA) is 79.8 Å². The first-order valence-corrected chi connectivity index (χ1v) is 9.14. The fraction of sp³-hybridized carbons (Fsp3) is 0.222. The summed E-state index contributed by atoms with van der Waals surface area (Å²) in [5, 5.41) is 15.2. The van der Waals surface area contributed by atoms with E-state index in [-0.39, 0.29) is 5.41 Å². The summed E-state index contributed by atoms with van der Waals surface area (Å²) in [6.45, 7) is 6.26. The second kappa shape index (κ2) is 7.39. The lowest BCUT2D eigenvalue weighted by atomic mass is 9.87. The maximum atomic E-state index is 12.2. The third-order valence-electron chi connectivity index (χ3n) is 3.61. The van der Waals surface area contributed by atoms with Crippen LogP contribution in [0.25, 0.3) is 10.6 Å². The van der Waals surface area contributed by atoms with E-state index in [9.17, 15) is 4.79 Å². The number of hydrogen-bond donors (Lipinski definition) is 2. The summed E-state index contributed by atoms with van der Waals surface area (Å²) < 4.78 is 0. The first-order valence-electron chi connectivity index (χ1n) is 7.95. The van der Waals surface area contributed by atoms with Crippen LogP contribution in [0, 0.1) is 0 Å². The zero-order valence-electron chi connectivity index (χ0n) is 14.6. The highest BCUT2D eigenvalue weighted by Crippen LogP contribution is 2.31. The van der Waals surface area contributed by atoms with Crippen molar-refractivity contribution in [2.45, 2.75) is 26.2 Å². The fourth-order valence-electron chi connectivity index (χ4n) is 2.35. The van der Waals surface area contributed by atoms with Crippen molar-refractivity contribution in [1.82, 2.24) is 15.2 Å². The van der Waals surface area contributed by atoms with Gasteiger partial charge in [0.2, 0.25) is 5.13 Å². The summed E-state index contributed by atoms with van der Waals surface area (Å²) in [5.74, 6) is 0. The second-order valence-electron chi connectivity index (χ2n) is 6.67. The summed E-state index contributed by atoms with van der Waals surface area (Å²) in [7, 11) is 0. The Bertz CT molecular complexity index is 921. The van der Waals surface area contributed by atoms with Crippen molar-refractivity contribution in [2.75, 3.05) is 10.6 Å². The summed E-state index contributed by atoms with van der Waals surface area (Å²) in [5.41, 5.74) is 2.47. The molecule has 1 aromatic carbocycles. The molecule has 134 valence electrons. The number of anilines is 2. The van der Waals surface area contributed by atoms with Gasteiger partial charge in [-0.3, -0.25) is 10.3 Å². The number of pyridine rings is 1.